The third-order valence-corrected chi connectivity index (χ3v) is 10.2. The molecule has 0 fully saturated rings. The van der Waals surface area contributed by atoms with Gasteiger partial charge in [-0.05, 0) is 98.6 Å². The number of hydrogen-bond acceptors (Lipinski definition) is 16. The summed E-state index contributed by atoms with van der Waals surface area (Å²) in [6, 6.07) is -11.8. The van der Waals surface area contributed by atoms with Crippen molar-refractivity contribution < 1.29 is 53.4 Å². The molecule has 29 heteroatoms. The quantitative estimate of drug-likeness (QED) is 0.0159. The summed E-state index contributed by atoms with van der Waals surface area (Å²) in [5.41, 5.74) is 44.1. The van der Waals surface area contributed by atoms with Gasteiger partial charge in [-0.25, -0.2) is 0 Å². The van der Waals surface area contributed by atoms with Gasteiger partial charge < -0.3 is 98.6 Å². The monoisotopic (exact) mass is 987 g/mol. The normalized spacial score (nSPS) is 15.3. The molecule has 0 aromatic carbocycles. The van der Waals surface area contributed by atoms with Crippen LogP contribution in [0.15, 0.2) is 9.98 Å². The second-order valence-electron chi connectivity index (χ2n) is 16.3. The first-order valence-electron chi connectivity index (χ1n) is 22.7. The molecule has 0 aliphatic rings. The molecule has 0 radical (unpaired) electrons. The number of carbonyl (C=O) groups excluding carboxylic acids is 9. The van der Waals surface area contributed by atoms with Crippen LogP contribution in [0.25, 0.3) is 0 Å². The molecule has 0 aromatic heterocycles. The van der Waals surface area contributed by atoms with Crippen molar-refractivity contribution in [1.82, 2.24) is 42.5 Å². The summed E-state index contributed by atoms with van der Waals surface area (Å²) in [5, 5.41) is 39.0. The Morgan fingerprint density at radius 1 is 0.449 bits per heavy atom. The molecule has 0 spiro atoms. The van der Waals surface area contributed by atoms with Crippen LogP contribution < -0.4 is 88.4 Å². The first-order valence-corrected chi connectivity index (χ1v) is 22.7. The van der Waals surface area contributed by atoms with Crippen molar-refractivity contribution in [3.63, 3.8) is 0 Å². The summed E-state index contributed by atoms with van der Waals surface area (Å²) in [5.74, 6) is -8.20. The molecule has 29 nitrogen and oxygen atoms in total. The van der Waals surface area contributed by atoms with E-state index in [0.29, 0.717) is 45.2 Å². The number of nitrogens with one attached hydrogen (secondary N) is 8. The van der Waals surface area contributed by atoms with Gasteiger partial charge in [0.15, 0.2) is 11.9 Å². The fourth-order valence-electron chi connectivity index (χ4n) is 6.11. The molecular formula is C40H78N18O11. The molecule has 9 amide bonds. The number of aliphatic hydroxyl groups excluding tert-OH is 2. The van der Waals surface area contributed by atoms with Crippen LogP contribution in [0.1, 0.15) is 91.9 Å². The summed E-state index contributed by atoms with van der Waals surface area (Å²) >= 11 is 0. The lowest BCUT2D eigenvalue weighted by Crippen LogP contribution is -2.61. The first-order chi connectivity index (χ1) is 32.4. The van der Waals surface area contributed by atoms with Crippen molar-refractivity contribution >= 4 is 65.1 Å². The number of nitrogens with two attached hydrogens (primary N) is 8. The van der Waals surface area contributed by atoms with Crippen LogP contribution in [0.5, 0.6) is 0 Å². The Bertz CT molecular complexity index is 1750. The Labute approximate surface area is 401 Å². The van der Waals surface area contributed by atoms with E-state index in [0.717, 1.165) is 6.92 Å². The minimum atomic E-state index is -1.65. The molecule has 0 saturated carbocycles. The van der Waals surface area contributed by atoms with Gasteiger partial charge in [0.1, 0.15) is 48.3 Å². The fraction of sp³-hybridized carbons (Fsp3) is 0.725. The third kappa shape index (κ3) is 26.1. The number of guanidine groups is 2. The lowest BCUT2D eigenvalue weighted by atomic mass is 10.0. The summed E-state index contributed by atoms with van der Waals surface area (Å²) in [6.07, 6.45) is 1.52. The molecule has 0 unspecified atom stereocenters. The predicted molar refractivity (Wildman–Crippen MR) is 254 cm³/mol. The van der Waals surface area contributed by atoms with Gasteiger partial charge in [-0.2, -0.15) is 0 Å². The van der Waals surface area contributed by atoms with Crippen molar-refractivity contribution in [1.29, 1.82) is 0 Å². The number of aliphatic imine (C=N–C) groups is 2. The first kappa shape index (κ1) is 62.6. The van der Waals surface area contributed by atoms with Gasteiger partial charge in [0.05, 0.1) is 18.8 Å². The SMILES string of the molecule is C[C@H](NC(=O)[C@H](C)NC(=O)[C@H](CCCN=C(N)N)NC(=O)[C@H](CCCCN)NC(=O)[C@H](N)CCCCN)C(=O)N[C@H](CCCN=C(N)N)C(=O)N[C@H](C)C(=O)N[C@H](C(=O)N[C@H](CO)C(N)=O)[C@@H](C)O. The van der Waals surface area contributed by atoms with Gasteiger partial charge in [0.2, 0.25) is 53.2 Å². The van der Waals surface area contributed by atoms with Crippen molar-refractivity contribution in [2.24, 2.45) is 55.9 Å². The van der Waals surface area contributed by atoms with E-state index in [-0.39, 0.29) is 57.1 Å². The predicted octanol–water partition coefficient (Wildman–Crippen LogP) is -8.52. The molecule has 10 atom stereocenters. The number of rotatable bonds is 35. The topological polar surface area (TPSA) is 523 Å². The zero-order valence-corrected chi connectivity index (χ0v) is 40.0. The number of hydrogen-bond donors (Lipinski definition) is 18. The standard InChI is InChI=1S/C40H78N18O11/c1-20(52-36(67)27(14-10-18-50-40(47)48)56-37(68)25(12-6-8-16-42)55-34(65)24(43)11-5-7-15-41)31(62)51-21(2)32(63)54-26(13-9-17-49-39(45)46)35(66)53-22(3)33(64)58-29(23(4)60)38(69)57-28(19-59)30(44)61/h20-29,59-60H,5-19,41-43H2,1-4H3,(H2,44,61)(H,51,62)(H,52,67)(H,53,66)(H,54,63)(H,55,65)(H,56,68)(H,57,69)(H,58,64)(H4,45,46,49)(H4,47,48,50)/t20-,21-,22+,23+,24+,25-,26+,27-,28+,29-/m0/s1. The van der Waals surface area contributed by atoms with Gasteiger partial charge in [0, 0.05) is 13.1 Å². The molecule has 0 aromatic rings. The highest BCUT2D eigenvalue weighted by atomic mass is 16.3. The molecule has 26 N–H and O–H groups in total. The van der Waals surface area contributed by atoms with Crippen LogP contribution in [0.2, 0.25) is 0 Å². The van der Waals surface area contributed by atoms with E-state index in [1.54, 1.807) is 0 Å². The third-order valence-electron chi connectivity index (χ3n) is 10.2. The average molecular weight is 987 g/mol. The van der Waals surface area contributed by atoms with Crippen LogP contribution >= 0.6 is 0 Å². The van der Waals surface area contributed by atoms with E-state index >= 15 is 0 Å². The molecule has 0 saturated heterocycles. The van der Waals surface area contributed by atoms with Crippen molar-refractivity contribution in [3.8, 4) is 0 Å². The van der Waals surface area contributed by atoms with E-state index in [1.807, 2.05) is 0 Å². The fourth-order valence-corrected chi connectivity index (χ4v) is 6.11. The molecular weight excluding hydrogens is 909 g/mol. The summed E-state index contributed by atoms with van der Waals surface area (Å²) in [4.78, 5) is 126. The average Bonchev–Trinajstić information content (AvgIpc) is 3.27. The number of nitrogens with zero attached hydrogens (tertiary/aromatic N) is 2. The largest absolute Gasteiger partial charge is 0.394 e. The molecule has 0 rings (SSSR count). The Kier molecular flexibility index (Phi) is 30.8. The van der Waals surface area contributed by atoms with E-state index < -0.39 is 120 Å². The van der Waals surface area contributed by atoms with Crippen LogP contribution in [0, 0.1) is 0 Å². The molecule has 394 valence electrons. The van der Waals surface area contributed by atoms with Crippen LogP contribution in [-0.2, 0) is 43.2 Å². The van der Waals surface area contributed by atoms with Gasteiger partial charge in [-0.3, -0.25) is 53.1 Å². The van der Waals surface area contributed by atoms with E-state index in [2.05, 4.69) is 52.5 Å². The highest BCUT2D eigenvalue weighted by Crippen LogP contribution is 2.08. The lowest BCUT2D eigenvalue weighted by molar-refractivity contribution is -0.136. The number of amides is 9. The number of primary amides is 1. The second kappa shape index (κ2) is 33.9. The van der Waals surface area contributed by atoms with Crippen molar-refractivity contribution in [2.75, 3.05) is 32.8 Å². The number of aliphatic hydroxyl groups is 2. The molecule has 0 heterocycles. The summed E-state index contributed by atoms with van der Waals surface area (Å²) in [7, 11) is 0. The van der Waals surface area contributed by atoms with Gasteiger partial charge in [-0.1, -0.05) is 6.42 Å². The van der Waals surface area contributed by atoms with Crippen molar-refractivity contribution in [3.05, 3.63) is 0 Å². The summed E-state index contributed by atoms with van der Waals surface area (Å²) < 4.78 is 0. The highest BCUT2D eigenvalue weighted by Gasteiger charge is 2.33. The van der Waals surface area contributed by atoms with Gasteiger partial charge in [0.25, 0.3) is 0 Å². The Morgan fingerprint density at radius 2 is 0.797 bits per heavy atom. The number of carbonyl (C=O) groups is 9. The van der Waals surface area contributed by atoms with E-state index in [9.17, 15) is 53.4 Å². The Morgan fingerprint density at radius 3 is 1.20 bits per heavy atom. The van der Waals surface area contributed by atoms with E-state index in [1.165, 1.54) is 20.8 Å². The zero-order valence-electron chi connectivity index (χ0n) is 40.0. The maximum Gasteiger partial charge on any atom is 0.245 e. The van der Waals surface area contributed by atoms with E-state index in [4.69, 9.17) is 45.9 Å². The van der Waals surface area contributed by atoms with Gasteiger partial charge in [-0.15, -0.1) is 0 Å². The van der Waals surface area contributed by atoms with Gasteiger partial charge >= 0.3 is 0 Å². The minimum absolute atomic E-state index is 0.00500. The lowest BCUT2D eigenvalue weighted by Gasteiger charge is -2.26. The Hall–Kier alpha value is -6.43. The maximum atomic E-state index is 13.7. The maximum absolute atomic E-state index is 13.7. The van der Waals surface area contributed by atoms with Crippen molar-refractivity contribution in [2.45, 2.75) is 152 Å². The second-order valence-corrected chi connectivity index (χ2v) is 16.3. The molecule has 0 aliphatic heterocycles. The molecule has 0 bridgehead atoms. The smallest absolute Gasteiger partial charge is 0.245 e. The van der Waals surface area contributed by atoms with Crippen LogP contribution in [0.4, 0.5) is 0 Å². The number of unbranched alkanes of at least 4 members (excludes halogenated alkanes) is 2. The Balaban J connectivity index is 6.07. The zero-order chi connectivity index (χ0) is 52.8. The molecule has 69 heavy (non-hydrogen) atoms. The molecule has 0 aliphatic carbocycles. The van der Waals surface area contributed by atoms with Crippen LogP contribution in [0.3, 0.4) is 0 Å². The summed E-state index contributed by atoms with van der Waals surface area (Å²) in [6.45, 7) is 5.04. The van der Waals surface area contributed by atoms with Crippen LogP contribution in [-0.4, -0.2) is 169 Å². The highest BCUT2D eigenvalue weighted by molar-refractivity contribution is 5.98. The minimum Gasteiger partial charge on any atom is -0.394 e.